The van der Waals surface area contributed by atoms with E-state index in [1.165, 1.54) is 37.7 Å². The molecule has 0 saturated carbocycles. The Kier molecular flexibility index (Phi) is 8.27. The zero-order chi connectivity index (χ0) is 11.2. The number of halogens is 1. The lowest BCUT2D eigenvalue weighted by Crippen LogP contribution is -2.04. The van der Waals surface area contributed by atoms with Crippen LogP contribution in [0.4, 0.5) is 0 Å². The number of hydrogen-bond acceptors (Lipinski definition) is 1. The molecule has 0 aromatic carbocycles. The molecule has 5 heteroatoms. The molecule has 0 amide bonds. The summed E-state index contributed by atoms with van der Waals surface area (Å²) in [4.78, 5) is 0. The van der Waals surface area contributed by atoms with Gasteiger partial charge in [-0.3, -0.25) is 0 Å². The van der Waals surface area contributed by atoms with Gasteiger partial charge in [0.25, 0.3) is 0 Å². The van der Waals surface area contributed by atoms with Gasteiger partial charge in [-0.05, 0) is 31.1 Å². The Bertz CT molecular complexity index is 186. The van der Waals surface area contributed by atoms with Gasteiger partial charge >= 0.3 is 0 Å². The summed E-state index contributed by atoms with van der Waals surface area (Å²) in [6, 6.07) is 0. The van der Waals surface area contributed by atoms with Crippen LogP contribution < -0.4 is 0 Å². The van der Waals surface area contributed by atoms with Crippen molar-refractivity contribution < 1.29 is 0 Å². The molecule has 0 aliphatic heterocycles. The normalized spacial score (nSPS) is 16.6. The van der Waals surface area contributed by atoms with Crippen molar-refractivity contribution in [3.63, 3.8) is 0 Å². The first-order chi connectivity index (χ1) is 6.43. The SMILES string of the molecule is CCC[P+](CCC)(CCC)P(=S)(S)Br. The molecule has 0 nitrogen and oxygen atoms in total. The Balaban J connectivity index is 4.83. The molecule has 0 rings (SSSR count). The molecule has 1 unspecified atom stereocenters. The van der Waals surface area contributed by atoms with Gasteiger partial charge in [-0.1, -0.05) is 33.0 Å². The lowest BCUT2D eigenvalue weighted by molar-refractivity contribution is 1.01. The van der Waals surface area contributed by atoms with Crippen molar-refractivity contribution in [3.8, 4) is 0 Å². The van der Waals surface area contributed by atoms with Crippen molar-refractivity contribution in [1.82, 2.24) is 0 Å². The second kappa shape index (κ2) is 7.28. The fourth-order valence-corrected chi connectivity index (χ4v) is 18.8. The molecule has 1 atom stereocenters. The van der Waals surface area contributed by atoms with E-state index in [1.807, 2.05) is 0 Å². The summed E-state index contributed by atoms with van der Waals surface area (Å²) >= 11 is 14.1. The summed E-state index contributed by atoms with van der Waals surface area (Å²) in [7, 11) is 0. The van der Waals surface area contributed by atoms with Gasteiger partial charge in [0, 0.05) is 15.5 Å². The van der Waals surface area contributed by atoms with Crippen LogP contribution in [-0.4, -0.2) is 18.5 Å². The fourth-order valence-electron chi connectivity index (χ4n) is 1.95. The van der Waals surface area contributed by atoms with Crippen LogP contribution in [0.2, 0.25) is 0 Å². The van der Waals surface area contributed by atoms with Crippen molar-refractivity contribution in [3.05, 3.63) is 0 Å². The zero-order valence-electron chi connectivity index (χ0n) is 9.37. The molecule has 0 fully saturated rings. The summed E-state index contributed by atoms with van der Waals surface area (Å²) in [6.45, 7) is 5.84. The minimum absolute atomic E-state index is 0.973. The molecule has 0 aliphatic carbocycles. The Labute approximate surface area is 108 Å². The van der Waals surface area contributed by atoms with Crippen LogP contribution >= 0.6 is 38.3 Å². The van der Waals surface area contributed by atoms with Gasteiger partial charge < -0.3 is 0 Å². The third kappa shape index (κ3) is 4.42. The molecule has 86 valence electrons. The van der Waals surface area contributed by atoms with Crippen LogP contribution in [0, 0.1) is 0 Å². The minimum Gasteiger partial charge on any atom is -0.0930 e. The molecule has 0 bridgehead atoms. The first-order valence-electron chi connectivity index (χ1n) is 5.32. The number of thiol groups is 1. The van der Waals surface area contributed by atoms with Gasteiger partial charge in [-0.2, -0.15) is 0 Å². The molecular weight excluding hydrogens is 314 g/mol. The third-order valence-corrected chi connectivity index (χ3v) is 24.9. The second-order valence-electron chi connectivity index (χ2n) is 3.74. The lowest BCUT2D eigenvalue weighted by Gasteiger charge is -2.30. The van der Waals surface area contributed by atoms with Gasteiger partial charge in [-0.15, -0.1) is 0 Å². The first kappa shape index (κ1) is 15.9. The van der Waals surface area contributed by atoms with E-state index in [9.17, 15) is 0 Å². The maximum atomic E-state index is 5.66. The third-order valence-electron chi connectivity index (χ3n) is 2.44. The molecule has 0 spiro atoms. The standard InChI is InChI=1S/C9H21BrP2S2/c1-4-7-11(8-5-2,9-6-3)12(10,13)14/h4-9H2,1-3H3/p+1. The average molecular weight is 336 g/mol. The average Bonchev–Trinajstić information content (AvgIpc) is 2.03. The van der Waals surface area contributed by atoms with E-state index in [1.54, 1.807) is 0 Å². The Morgan fingerprint density at radius 1 is 1.07 bits per heavy atom. The molecule has 0 aromatic heterocycles. The summed E-state index contributed by atoms with van der Waals surface area (Å²) in [6.07, 6.45) is 7.79. The van der Waals surface area contributed by atoms with Gasteiger partial charge in [0.1, 0.15) is 0 Å². The maximum absolute atomic E-state index is 5.66. The van der Waals surface area contributed by atoms with Crippen LogP contribution in [0.1, 0.15) is 40.0 Å². The van der Waals surface area contributed by atoms with E-state index in [4.69, 9.17) is 24.1 Å². The maximum Gasteiger partial charge on any atom is 0.192 e. The molecule has 0 radical (unpaired) electrons. The predicted molar refractivity (Wildman–Crippen MR) is 84.6 cm³/mol. The topological polar surface area (TPSA) is 0 Å². The molecule has 0 aliphatic rings. The first-order valence-corrected chi connectivity index (χ1v) is 14.3. The minimum atomic E-state index is -1.51. The number of rotatable bonds is 7. The van der Waals surface area contributed by atoms with Crippen LogP contribution in [0.3, 0.4) is 0 Å². The monoisotopic (exact) mass is 335 g/mol. The Morgan fingerprint density at radius 3 is 1.50 bits per heavy atom. The van der Waals surface area contributed by atoms with Gasteiger partial charge in [0.2, 0.25) is 0 Å². The molecule has 0 N–H and O–H groups in total. The Hall–Kier alpha value is 1.91. The van der Waals surface area contributed by atoms with Crippen LogP contribution in [-0.2, 0) is 11.8 Å². The van der Waals surface area contributed by atoms with E-state index in [-0.39, 0.29) is 0 Å². The second-order valence-corrected chi connectivity index (χ2v) is 26.5. The highest BCUT2D eigenvalue weighted by molar-refractivity contribution is 9.60. The fraction of sp³-hybridized carbons (Fsp3) is 1.00. The van der Waals surface area contributed by atoms with E-state index in [0.717, 1.165) is 0 Å². The van der Waals surface area contributed by atoms with Gasteiger partial charge in [0.05, 0.1) is 25.4 Å². The van der Waals surface area contributed by atoms with Crippen LogP contribution in [0.25, 0.3) is 0 Å². The van der Waals surface area contributed by atoms with Crippen molar-refractivity contribution >= 4 is 50.1 Å². The largest absolute Gasteiger partial charge is 0.192 e. The predicted octanol–water partition coefficient (Wildman–Crippen LogP) is 5.78. The van der Waals surface area contributed by atoms with Crippen molar-refractivity contribution in [2.24, 2.45) is 0 Å². The molecule has 0 aromatic rings. The molecule has 0 heterocycles. The summed E-state index contributed by atoms with van der Waals surface area (Å²) in [5.41, 5.74) is 0. The summed E-state index contributed by atoms with van der Waals surface area (Å²) in [5.74, 6) is 0. The van der Waals surface area contributed by atoms with Crippen molar-refractivity contribution in [2.75, 3.05) is 18.5 Å². The van der Waals surface area contributed by atoms with Crippen LogP contribution in [0.5, 0.6) is 0 Å². The molecule has 0 saturated heterocycles. The van der Waals surface area contributed by atoms with E-state index in [2.05, 4.69) is 36.3 Å². The lowest BCUT2D eigenvalue weighted by atomic mass is 10.6. The van der Waals surface area contributed by atoms with Crippen molar-refractivity contribution in [2.45, 2.75) is 40.0 Å². The summed E-state index contributed by atoms with van der Waals surface area (Å²) < 4.78 is -1.51. The highest BCUT2D eigenvalue weighted by Crippen LogP contribution is 2.95. The van der Waals surface area contributed by atoms with Gasteiger partial charge in [0.15, 0.2) is 3.63 Å². The quantitative estimate of drug-likeness (QED) is 0.454. The Morgan fingerprint density at radius 2 is 1.36 bits per heavy atom. The van der Waals surface area contributed by atoms with E-state index in [0.29, 0.717) is 0 Å². The zero-order valence-corrected chi connectivity index (χ0v) is 14.5. The molecule has 14 heavy (non-hydrogen) atoms. The molecular formula is C9H22BrP2S2+. The van der Waals surface area contributed by atoms with E-state index < -0.39 is 10.6 Å². The smallest absolute Gasteiger partial charge is 0.0930 e. The number of hydrogen-bond donors (Lipinski definition) is 1. The van der Waals surface area contributed by atoms with E-state index >= 15 is 0 Å². The highest BCUT2D eigenvalue weighted by Gasteiger charge is 2.45. The van der Waals surface area contributed by atoms with Gasteiger partial charge in [-0.25, -0.2) is 0 Å². The van der Waals surface area contributed by atoms with Crippen molar-refractivity contribution in [1.29, 1.82) is 0 Å². The summed E-state index contributed by atoms with van der Waals surface area (Å²) in [5, 5.41) is 0. The van der Waals surface area contributed by atoms with Crippen LogP contribution in [0.15, 0.2) is 0 Å². The highest BCUT2D eigenvalue weighted by atomic mass is 79.9.